The van der Waals surface area contributed by atoms with E-state index in [2.05, 4.69) is 23.2 Å². The number of nitrogens with zero attached hydrogens (tertiary/aromatic N) is 1. The molecule has 0 bridgehead atoms. The zero-order chi connectivity index (χ0) is 13.0. The number of ether oxygens (including phenoxy) is 1. The van der Waals surface area contributed by atoms with Crippen LogP contribution in [0.5, 0.6) is 5.75 Å². The van der Waals surface area contributed by atoms with Gasteiger partial charge in [0, 0.05) is 37.7 Å². The molecule has 0 saturated carbocycles. The van der Waals surface area contributed by atoms with Gasteiger partial charge in [-0.1, -0.05) is 11.6 Å². The van der Waals surface area contributed by atoms with E-state index < -0.39 is 0 Å². The SMILES string of the molecule is COc1cc(Cl)c(C)c(CCN2CCNCC2)c1. The van der Waals surface area contributed by atoms with Gasteiger partial charge in [-0.25, -0.2) is 0 Å². The van der Waals surface area contributed by atoms with Crippen molar-refractivity contribution in [2.45, 2.75) is 13.3 Å². The largest absolute Gasteiger partial charge is 0.497 e. The number of hydrogen-bond donors (Lipinski definition) is 1. The van der Waals surface area contributed by atoms with E-state index in [1.807, 2.05) is 6.07 Å². The summed E-state index contributed by atoms with van der Waals surface area (Å²) in [5.74, 6) is 0.848. The Morgan fingerprint density at radius 1 is 1.33 bits per heavy atom. The van der Waals surface area contributed by atoms with Crippen molar-refractivity contribution >= 4 is 11.6 Å². The number of rotatable bonds is 4. The van der Waals surface area contributed by atoms with Crippen LogP contribution in [0.4, 0.5) is 0 Å². The lowest BCUT2D eigenvalue weighted by atomic mass is 10.0. The first kappa shape index (κ1) is 13.7. The molecule has 4 heteroatoms. The molecule has 0 radical (unpaired) electrons. The molecule has 100 valence electrons. The van der Waals surface area contributed by atoms with Gasteiger partial charge in [0.2, 0.25) is 0 Å². The summed E-state index contributed by atoms with van der Waals surface area (Å²) in [6.07, 6.45) is 1.03. The average molecular weight is 269 g/mol. The van der Waals surface area contributed by atoms with Crippen molar-refractivity contribution < 1.29 is 4.74 Å². The molecule has 2 rings (SSSR count). The summed E-state index contributed by atoms with van der Waals surface area (Å²) >= 11 is 6.22. The summed E-state index contributed by atoms with van der Waals surface area (Å²) < 4.78 is 5.27. The topological polar surface area (TPSA) is 24.5 Å². The van der Waals surface area contributed by atoms with Crippen LogP contribution in [0.15, 0.2) is 12.1 Å². The predicted octanol–water partition coefficient (Wildman–Crippen LogP) is 2.10. The van der Waals surface area contributed by atoms with Crippen LogP contribution in [0.3, 0.4) is 0 Å². The Balaban J connectivity index is 2.01. The van der Waals surface area contributed by atoms with Gasteiger partial charge in [-0.05, 0) is 36.6 Å². The van der Waals surface area contributed by atoms with Crippen LogP contribution in [0.25, 0.3) is 0 Å². The summed E-state index contributed by atoms with van der Waals surface area (Å²) in [6, 6.07) is 3.98. The first-order chi connectivity index (χ1) is 8.70. The molecular formula is C14H21ClN2O. The number of methoxy groups -OCH3 is 1. The Hall–Kier alpha value is -0.770. The van der Waals surface area contributed by atoms with Crippen LogP contribution in [0, 0.1) is 6.92 Å². The maximum absolute atomic E-state index is 6.22. The molecule has 0 aliphatic carbocycles. The first-order valence-electron chi connectivity index (χ1n) is 6.47. The number of piperazine rings is 1. The minimum atomic E-state index is 0.796. The highest BCUT2D eigenvalue weighted by Gasteiger charge is 2.11. The smallest absolute Gasteiger partial charge is 0.120 e. The van der Waals surface area contributed by atoms with Gasteiger partial charge in [0.15, 0.2) is 0 Å². The van der Waals surface area contributed by atoms with E-state index in [9.17, 15) is 0 Å². The molecule has 0 unspecified atom stereocenters. The molecule has 1 aromatic carbocycles. The molecule has 1 saturated heterocycles. The Morgan fingerprint density at radius 3 is 2.72 bits per heavy atom. The van der Waals surface area contributed by atoms with Gasteiger partial charge in [0.25, 0.3) is 0 Å². The zero-order valence-corrected chi connectivity index (χ0v) is 11.9. The number of benzene rings is 1. The van der Waals surface area contributed by atoms with Gasteiger partial charge >= 0.3 is 0 Å². The van der Waals surface area contributed by atoms with Crippen molar-refractivity contribution in [1.82, 2.24) is 10.2 Å². The number of nitrogens with one attached hydrogen (secondary N) is 1. The highest BCUT2D eigenvalue weighted by molar-refractivity contribution is 6.31. The third-order valence-corrected chi connectivity index (χ3v) is 3.96. The van der Waals surface area contributed by atoms with E-state index in [1.54, 1.807) is 7.11 Å². The van der Waals surface area contributed by atoms with Crippen LogP contribution in [0.2, 0.25) is 5.02 Å². The lowest BCUT2D eigenvalue weighted by Gasteiger charge is -2.27. The molecule has 3 nitrogen and oxygen atoms in total. The molecule has 1 aromatic rings. The summed E-state index contributed by atoms with van der Waals surface area (Å²) in [5, 5.41) is 4.16. The standard InChI is InChI=1S/C14H21ClN2O/c1-11-12(9-13(18-2)10-14(11)15)3-6-17-7-4-16-5-8-17/h9-10,16H,3-8H2,1-2H3. The van der Waals surface area contributed by atoms with E-state index in [1.165, 1.54) is 11.1 Å². The Bertz CT molecular complexity index is 403. The fraction of sp³-hybridized carbons (Fsp3) is 0.571. The van der Waals surface area contributed by atoms with Crippen molar-refractivity contribution in [3.63, 3.8) is 0 Å². The minimum Gasteiger partial charge on any atom is -0.497 e. The van der Waals surface area contributed by atoms with E-state index in [4.69, 9.17) is 16.3 Å². The lowest BCUT2D eigenvalue weighted by molar-refractivity contribution is 0.243. The molecule has 1 N–H and O–H groups in total. The van der Waals surface area contributed by atoms with E-state index >= 15 is 0 Å². The maximum atomic E-state index is 6.22. The van der Waals surface area contributed by atoms with Gasteiger partial charge in [0.05, 0.1) is 7.11 Å². The zero-order valence-electron chi connectivity index (χ0n) is 11.1. The van der Waals surface area contributed by atoms with Crippen LogP contribution in [-0.4, -0.2) is 44.7 Å². The van der Waals surface area contributed by atoms with Crippen LogP contribution in [0.1, 0.15) is 11.1 Å². The lowest BCUT2D eigenvalue weighted by Crippen LogP contribution is -2.44. The fourth-order valence-corrected chi connectivity index (χ4v) is 2.53. The van der Waals surface area contributed by atoms with E-state index in [-0.39, 0.29) is 0 Å². The highest BCUT2D eigenvalue weighted by Crippen LogP contribution is 2.26. The quantitative estimate of drug-likeness (QED) is 0.905. The number of hydrogen-bond acceptors (Lipinski definition) is 3. The summed E-state index contributed by atoms with van der Waals surface area (Å²) in [5.41, 5.74) is 2.46. The Labute approximate surface area is 114 Å². The molecule has 0 aromatic heterocycles. The summed E-state index contributed by atoms with van der Waals surface area (Å²) in [6.45, 7) is 7.63. The van der Waals surface area contributed by atoms with Gasteiger partial charge < -0.3 is 15.0 Å². The minimum absolute atomic E-state index is 0.796. The molecule has 1 aliphatic rings. The van der Waals surface area contributed by atoms with E-state index in [0.29, 0.717) is 0 Å². The summed E-state index contributed by atoms with van der Waals surface area (Å²) in [4.78, 5) is 2.49. The molecule has 1 fully saturated rings. The second-order valence-electron chi connectivity index (χ2n) is 4.73. The third kappa shape index (κ3) is 3.37. The second-order valence-corrected chi connectivity index (χ2v) is 5.14. The molecule has 0 spiro atoms. The first-order valence-corrected chi connectivity index (χ1v) is 6.84. The molecular weight excluding hydrogens is 248 g/mol. The van der Waals surface area contributed by atoms with Crippen LogP contribution >= 0.6 is 11.6 Å². The molecule has 1 heterocycles. The summed E-state index contributed by atoms with van der Waals surface area (Å²) in [7, 11) is 1.68. The average Bonchev–Trinajstić information content (AvgIpc) is 2.41. The van der Waals surface area contributed by atoms with Crippen molar-refractivity contribution in [3.8, 4) is 5.75 Å². The van der Waals surface area contributed by atoms with Crippen molar-refractivity contribution in [2.24, 2.45) is 0 Å². The normalized spacial score (nSPS) is 16.8. The molecule has 1 aliphatic heterocycles. The molecule has 0 atom stereocenters. The van der Waals surface area contributed by atoms with Crippen molar-refractivity contribution in [3.05, 3.63) is 28.3 Å². The van der Waals surface area contributed by atoms with Gasteiger partial charge in [-0.15, -0.1) is 0 Å². The highest BCUT2D eigenvalue weighted by atomic mass is 35.5. The van der Waals surface area contributed by atoms with E-state index in [0.717, 1.165) is 49.9 Å². The van der Waals surface area contributed by atoms with Crippen molar-refractivity contribution in [1.29, 1.82) is 0 Å². The molecule has 18 heavy (non-hydrogen) atoms. The third-order valence-electron chi connectivity index (χ3n) is 3.57. The fourth-order valence-electron chi connectivity index (χ4n) is 2.30. The van der Waals surface area contributed by atoms with Crippen LogP contribution in [-0.2, 0) is 6.42 Å². The van der Waals surface area contributed by atoms with Gasteiger partial charge in [0.1, 0.15) is 5.75 Å². The second kappa shape index (κ2) is 6.41. The monoisotopic (exact) mass is 268 g/mol. The van der Waals surface area contributed by atoms with Gasteiger partial charge in [-0.2, -0.15) is 0 Å². The Morgan fingerprint density at radius 2 is 2.06 bits per heavy atom. The number of halogens is 1. The van der Waals surface area contributed by atoms with Crippen LogP contribution < -0.4 is 10.1 Å². The van der Waals surface area contributed by atoms with Crippen molar-refractivity contribution in [2.75, 3.05) is 39.8 Å². The Kier molecular flexibility index (Phi) is 4.87. The maximum Gasteiger partial charge on any atom is 0.120 e. The van der Waals surface area contributed by atoms with Gasteiger partial charge in [-0.3, -0.25) is 0 Å². The molecule has 0 amide bonds. The predicted molar refractivity (Wildman–Crippen MR) is 75.8 cm³/mol.